The third-order valence-electron chi connectivity index (χ3n) is 5.38. The molecule has 3 aromatic rings. The number of hydrogen-bond acceptors (Lipinski definition) is 4. The van der Waals surface area contributed by atoms with Gasteiger partial charge >= 0.3 is 6.18 Å². The Kier molecular flexibility index (Phi) is 5.16. The lowest BCUT2D eigenvalue weighted by Gasteiger charge is -2.24. The smallest absolute Gasteiger partial charge is 0.416 e. The maximum Gasteiger partial charge on any atom is 0.416 e. The number of ketones is 1. The Bertz CT molecular complexity index is 1230. The molecular formula is C24H18F3NO4. The fourth-order valence-electron chi connectivity index (χ4n) is 3.76. The molecule has 2 heterocycles. The van der Waals surface area contributed by atoms with Crippen LogP contribution < -0.4 is 4.90 Å². The Hall–Kier alpha value is -3.81. The van der Waals surface area contributed by atoms with Gasteiger partial charge in [-0.05, 0) is 61.9 Å². The number of aliphatic hydroxyl groups excluding tert-OH is 1. The van der Waals surface area contributed by atoms with Crippen molar-refractivity contribution >= 4 is 23.1 Å². The van der Waals surface area contributed by atoms with Crippen molar-refractivity contribution in [3.8, 4) is 0 Å². The minimum atomic E-state index is -4.55. The van der Waals surface area contributed by atoms with Crippen molar-refractivity contribution in [2.45, 2.75) is 26.1 Å². The number of furan rings is 1. The van der Waals surface area contributed by atoms with Gasteiger partial charge in [-0.2, -0.15) is 13.2 Å². The number of hydrogen-bond donors (Lipinski definition) is 1. The van der Waals surface area contributed by atoms with Crippen LogP contribution in [0.15, 0.2) is 70.9 Å². The number of aliphatic hydroxyl groups is 1. The predicted octanol–water partition coefficient (Wildman–Crippen LogP) is 5.54. The van der Waals surface area contributed by atoms with Crippen LogP contribution in [0.25, 0.3) is 5.76 Å². The minimum Gasteiger partial charge on any atom is -0.507 e. The molecule has 0 radical (unpaired) electrons. The zero-order valence-corrected chi connectivity index (χ0v) is 17.1. The lowest BCUT2D eigenvalue weighted by atomic mass is 9.96. The summed E-state index contributed by atoms with van der Waals surface area (Å²) in [6.45, 7) is 3.57. The Balaban J connectivity index is 1.90. The van der Waals surface area contributed by atoms with Crippen LogP contribution >= 0.6 is 0 Å². The molecule has 1 atom stereocenters. The van der Waals surface area contributed by atoms with E-state index in [0.29, 0.717) is 11.1 Å². The molecule has 8 heteroatoms. The van der Waals surface area contributed by atoms with Crippen molar-refractivity contribution in [3.05, 3.63) is 94.4 Å². The van der Waals surface area contributed by atoms with E-state index in [9.17, 15) is 27.9 Å². The average Bonchev–Trinajstić information content (AvgIpc) is 3.36. The monoisotopic (exact) mass is 441 g/mol. The van der Waals surface area contributed by atoms with E-state index in [-0.39, 0.29) is 22.8 Å². The normalized spacial score (nSPS) is 18.4. The number of aryl methyl sites for hydroxylation is 2. The van der Waals surface area contributed by atoms with Gasteiger partial charge in [0.2, 0.25) is 0 Å². The molecule has 1 aliphatic heterocycles. The van der Waals surface area contributed by atoms with E-state index in [1.54, 1.807) is 25.1 Å². The molecular weight excluding hydrogens is 423 g/mol. The molecule has 4 rings (SSSR count). The molecule has 0 spiro atoms. The number of amides is 1. The highest BCUT2D eigenvalue weighted by Crippen LogP contribution is 2.43. The van der Waals surface area contributed by atoms with Crippen LogP contribution in [0.1, 0.15) is 34.1 Å². The molecule has 164 valence electrons. The Labute approximate surface area is 181 Å². The second-order valence-electron chi connectivity index (χ2n) is 7.55. The van der Waals surface area contributed by atoms with Gasteiger partial charge in [0.25, 0.3) is 11.7 Å². The van der Waals surface area contributed by atoms with Gasteiger partial charge in [-0.1, -0.05) is 17.7 Å². The van der Waals surface area contributed by atoms with Gasteiger partial charge < -0.3 is 9.52 Å². The van der Waals surface area contributed by atoms with Gasteiger partial charge in [-0.15, -0.1) is 0 Å². The quantitative estimate of drug-likeness (QED) is 0.329. The molecule has 1 saturated heterocycles. The van der Waals surface area contributed by atoms with Crippen molar-refractivity contribution in [2.24, 2.45) is 0 Å². The molecule has 1 N–H and O–H groups in total. The van der Waals surface area contributed by atoms with Crippen LogP contribution in [0.2, 0.25) is 0 Å². The third-order valence-corrected chi connectivity index (χ3v) is 5.38. The number of carbonyl (C=O) groups excluding carboxylic acids is 2. The van der Waals surface area contributed by atoms with Gasteiger partial charge in [0.15, 0.2) is 0 Å². The zero-order chi connectivity index (χ0) is 23.2. The topological polar surface area (TPSA) is 70.8 Å². The number of alkyl halides is 3. The van der Waals surface area contributed by atoms with E-state index < -0.39 is 29.5 Å². The van der Waals surface area contributed by atoms with Gasteiger partial charge in [-0.25, -0.2) is 0 Å². The lowest BCUT2D eigenvalue weighted by molar-refractivity contribution is -0.137. The molecule has 1 amide bonds. The third kappa shape index (κ3) is 3.57. The summed E-state index contributed by atoms with van der Waals surface area (Å²) in [5.74, 6) is -2.11. The summed E-state index contributed by atoms with van der Waals surface area (Å²) in [4.78, 5) is 27.0. The summed E-state index contributed by atoms with van der Waals surface area (Å²) in [5.41, 5.74) is 0.894. The van der Waals surface area contributed by atoms with Gasteiger partial charge in [0.1, 0.15) is 17.6 Å². The van der Waals surface area contributed by atoms with E-state index in [1.165, 1.54) is 12.3 Å². The summed E-state index contributed by atoms with van der Waals surface area (Å²) in [6.07, 6.45) is -3.20. The van der Waals surface area contributed by atoms with E-state index >= 15 is 0 Å². The fraction of sp³-hybridized carbons (Fsp3) is 0.167. The van der Waals surface area contributed by atoms with Crippen molar-refractivity contribution in [1.29, 1.82) is 0 Å². The van der Waals surface area contributed by atoms with Crippen LogP contribution in [0, 0.1) is 13.8 Å². The van der Waals surface area contributed by atoms with Crippen molar-refractivity contribution in [1.82, 2.24) is 0 Å². The second kappa shape index (κ2) is 7.71. The first-order chi connectivity index (χ1) is 15.1. The standard InChI is InChI=1S/C24H18F3NO4/c1-13-5-6-14(2)17(12-13)21(29)19-20(18-4-3-11-32-18)28(23(31)22(19)30)16-9-7-15(8-10-16)24(25,26)27/h3-12,20,29H,1-2H3/b21-19-. The maximum atomic E-state index is 13.0. The van der Waals surface area contributed by atoms with Gasteiger partial charge in [-0.3, -0.25) is 14.5 Å². The molecule has 1 aromatic heterocycles. The van der Waals surface area contributed by atoms with Crippen LogP contribution in [-0.4, -0.2) is 16.8 Å². The first-order valence-electron chi connectivity index (χ1n) is 9.69. The largest absolute Gasteiger partial charge is 0.507 e. The predicted molar refractivity (Wildman–Crippen MR) is 111 cm³/mol. The number of nitrogens with zero attached hydrogens (tertiary/aromatic N) is 1. The second-order valence-corrected chi connectivity index (χ2v) is 7.55. The molecule has 0 aliphatic carbocycles. The highest BCUT2D eigenvalue weighted by atomic mass is 19.4. The van der Waals surface area contributed by atoms with Gasteiger partial charge in [0, 0.05) is 11.3 Å². The number of benzene rings is 2. The molecule has 1 aliphatic rings. The number of Topliss-reactive ketones (excluding diaryl/α,β-unsaturated/α-hetero) is 1. The lowest BCUT2D eigenvalue weighted by Crippen LogP contribution is -2.29. The van der Waals surface area contributed by atoms with Crippen molar-refractivity contribution in [3.63, 3.8) is 0 Å². The Morgan fingerprint density at radius 2 is 1.72 bits per heavy atom. The number of halogens is 3. The summed E-state index contributed by atoms with van der Waals surface area (Å²) >= 11 is 0. The molecule has 5 nitrogen and oxygen atoms in total. The highest BCUT2D eigenvalue weighted by molar-refractivity contribution is 6.51. The van der Waals surface area contributed by atoms with Gasteiger partial charge in [0.05, 0.1) is 17.4 Å². The summed E-state index contributed by atoms with van der Waals surface area (Å²) in [6, 6.07) is 11.1. The SMILES string of the molecule is Cc1ccc(C)c(/C(O)=C2/C(=O)C(=O)N(c3ccc(C(F)(F)F)cc3)C2c2ccco2)c1. The molecule has 2 aromatic carbocycles. The maximum absolute atomic E-state index is 13.0. The molecule has 0 saturated carbocycles. The highest BCUT2D eigenvalue weighted by Gasteiger charge is 2.48. The van der Waals surface area contributed by atoms with E-state index in [2.05, 4.69) is 0 Å². The van der Waals surface area contributed by atoms with Crippen molar-refractivity contribution < 1.29 is 32.3 Å². The summed E-state index contributed by atoms with van der Waals surface area (Å²) in [5, 5.41) is 11.1. The van der Waals surface area contributed by atoms with Crippen LogP contribution in [-0.2, 0) is 15.8 Å². The van der Waals surface area contributed by atoms with Crippen molar-refractivity contribution in [2.75, 3.05) is 4.90 Å². The fourth-order valence-corrected chi connectivity index (χ4v) is 3.76. The zero-order valence-electron chi connectivity index (χ0n) is 17.1. The first kappa shape index (κ1) is 21.4. The van der Waals surface area contributed by atoms with Crippen LogP contribution in [0.4, 0.5) is 18.9 Å². The molecule has 0 bridgehead atoms. The Morgan fingerprint density at radius 3 is 2.31 bits per heavy atom. The van der Waals surface area contributed by atoms with Crippen LogP contribution in [0.3, 0.4) is 0 Å². The van der Waals surface area contributed by atoms with E-state index in [1.807, 2.05) is 13.0 Å². The minimum absolute atomic E-state index is 0.0708. The molecule has 1 fully saturated rings. The molecule has 1 unspecified atom stereocenters. The summed E-state index contributed by atoms with van der Waals surface area (Å²) < 4.78 is 44.4. The molecule has 32 heavy (non-hydrogen) atoms. The number of carbonyl (C=O) groups is 2. The average molecular weight is 441 g/mol. The first-order valence-corrected chi connectivity index (χ1v) is 9.69. The van der Waals surface area contributed by atoms with E-state index in [4.69, 9.17) is 4.42 Å². The van der Waals surface area contributed by atoms with E-state index in [0.717, 1.165) is 34.7 Å². The summed E-state index contributed by atoms with van der Waals surface area (Å²) in [7, 11) is 0. The van der Waals surface area contributed by atoms with Crippen LogP contribution in [0.5, 0.6) is 0 Å². The Morgan fingerprint density at radius 1 is 1.03 bits per heavy atom. The number of anilines is 1. The number of rotatable bonds is 3.